The SMILES string of the molecule is CCCn1c(C)cnc1CC1CCCN(S(=O)(=O)c2ccc3c(c2)CCC3)C1. The summed E-state index contributed by atoms with van der Waals surface area (Å²) in [5.41, 5.74) is 3.72. The Bertz CT molecular complexity index is 949. The summed E-state index contributed by atoms with van der Waals surface area (Å²) in [6, 6.07) is 5.74. The molecular weight excluding hydrogens is 370 g/mol. The first-order valence-electron chi connectivity index (χ1n) is 10.6. The van der Waals surface area contributed by atoms with Crippen LogP contribution in [0.25, 0.3) is 0 Å². The van der Waals surface area contributed by atoms with Crippen LogP contribution in [0.5, 0.6) is 0 Å². The lowest BCUT2D eigenvalue weighted by molar-refractivity contribution is 0.261. The zero-order chi connectivity index (χ0) is 19.7. The van der Waals surface area contributed by atoms with E-state index < -0.39 is 10.0 Å². The minimum Gasteiger partial charge on any atom is -0.332 e. The third-order valence-corrected chi connectivity index (χ3v) is 8.11. The Kier molecular flexibility index (Phi) is 5.61. The van der Waals surface area contributed by atoms with Gasteiger partial charge in [-0.25, -0.2) is 13.4 Å². The van der Waals surface area contributed by atoms with Gasteiger partial charge in [0.1, 0.15) is 5.82 Å². The highest BCUT2D eigenvalue weighted by Gasteiger charge is 2.31. The second kappa shape index (κ2) is 7.99. The topological polar surface area (TPSA) is 55.2 Å². The molecule has 0 radical (unpaired) electrons. The quantitative estimate of drug-likeness (QED) is 0.741. The van der Waals surface area contributed by atoms with Gasteiger partial charge in [-0.05, 0) is 74.6 Å². The molecule has 1 fully saturated rings. The van der Waals surface area contributed by atoms with E-state index in [-0.39, 0.29) is 0 Å². The molecule has 0 spiro atoms. The summed E-state index contributed by atoms with van der Waals surface area (Å²) in [5.74, 6) is 1.43. The zero-order valence-corrected chi connectivity index (χ0v) is 17.8. The highest BCUT2D eigenvalue weighted by molar-refractivity contribution is 7.89. The maximum atomic E-state index is 13.3. The molecule has 2 heterocycles. The summed E-state index contributed by atoms with van der Waals surface area (Å²) < 4.78 is 30.5. The normalized spacial score (nSPS) is 20.4. The van der Waals surface area contributed by atoms with Crippen molar-refractivity contribution in [2.75, 3.05) is 13.1 Å². The Morgan fingerprint density at radius 3 is 2.82 bits per heavy atom. The van der Waals surface area contributed by atoms with Gasteiger partial charge in [0.15, 0.2) is 0 Å². The molecule has 1 unspecified atom stereocenters. The molecule has 2 aliphatic rings. The van der Waals surface area contributed by atoms with Crippen LogP contribution in [0.4, 0.5) is 0 Å². The van der Waals surface area contributed by atoms with E-state index >= 15 is 0 Å². The van der Waals surface area contributed by atoms with E-state index in [2.05, 4.69) is 23.4 Å². The van der Waals surface area contributed by atoms with Crippen molar-refractivity contribution < 1.29 is 8.42 Å². The van der Waals surface area contributed by atoms with Gasteiger partial charge in [-0.15, -0.1) is 0 Å². The van der Waals surface area contributed by atoms with Gasteiger partial charge >= 0.3 is 0 Å². The molecule has 1 aromatic carbocycles. The lowest BCUT2D eigenvalue weighted by atomic mass is 9.96. The molecule has 6 heteroatoms. The molecule has 1 aliphatic carbocycles. The minimum atomic E-state index is -3.42. The van der Waals surface area contributed by atoms with Crippen molar-refractivity contribution in [3.05, 3.63) is 47.0 Å². The van der Waals surface area contributed by atoms with Gasteiger partial charge in [0, 0.05) is 37.9 Å². The second-order valence-electron chi connectivity index (χ2n) is 8.33. The summed E-state index contributed by atoms with van der Waals surface area (Å²) in [6.45, 7) is 6.47. The number of rotatable bonds is 6. The summed E-state index contributed by atoms with van der Waals surface area (Å²) in [5, 5.41) is 0. The van der Waals surface area contributed by atoms with Crippen molar-refractivity contribution in [2.45, 2.75) is 70.2 Å². The van der Waals surface area contributed by atoms with E-state index in [1.165, 1.54) is 16.8 Å². The Morgan fingerprint density at radius 2 is 2.00 bits per heavy atom. The molecule has 152 valence electrons. The van der Waals surface area contributed by atoms with E-state index in [0.29, 0.717) is 23.9 Å². The standard InChI is InChI=1S/C22H31N3O2S/c1-3-11-25-17(2)15-23-22(25)13-18-6-5-12-24(16-18)28(26,27)21-10-9-19-7-4-8-20(19)14-21/h9-10,14-15,18H,3-8,11-13,16H2,1-2H3. The summed E-state index contributed by atoms with van der Waals surface area (Å²) in [7, 11) is -3.42. The largest absolute Gasteiger partial charge is 0.332 e. The van der Waals surface area contributed by atoms with Crippen LogP contribution in [0.15, 0.2) is 29.3 Å². The van der Waals surface area contributed by atoms with Gasteiger partial charge in [-0.1, -0.05) is 13.0 Å². The van der Waals surface area contributed by atoms with Crippen LogP contribution in [0.3, 0.4) is 0 Å². The first-order chi connectivity index (χ1) is 13.5. The molecular formula is C22H31N3O2S. The molecule has 0 N–H and O–H groups in total. The smallest absolute Gasteiger partial charge is 0.243 e. The van der Waals surface area contributed by atoms with Gasteiger partial charge in [0.05, 0.1) is 4.90 Å². The van der Waals surface area contributed by atoms with Crippen molar-refractivity contribution in [2.24, 2.45) is 5.92 Å². The van der Waals surface area contributed by atoms with Crippen LogP contribution in [0.1, 0.15) is 55.3 Å². The average molecular weight is 402 g/mol. The molecule has 4 rings (SSSR count). The molecule has 5 nitrogen and oxygen atoms in total. The van der Waals surface area contributed by atoms with Crippen molar-refractivity contribution >= 4 is 10.0 Å². The number of aryl methyl sites for hydroxylation is 3. The van der Waals surface area contributed by atoms with Crippen LogP contribution < -0.4 is 0 Å². The second-order valence-corrected chi connectivity index (χ2v) is 10.3. The molecule has 0 bridgehead atoms. The Morgan fingerprint density at radius 1 is 1.18 bits per heavy atom. The van der Waals surface area contributed by atoms with E-state index in [1.807, 2.05) is 18.3 Å². The van der Waals surface area contributed by atoms with E-state index in [9.17, 15) is 8.42 Å². The Labute approximate surface area is 168 Å². The Balaban J connectivity index is 1.50. The Hall–Kier alpha value is -1.66. The van der Waals surface area contributed by atoms with Gasteiger partial charge < -0.3 is 4.57 Å². The fourth-order valence-corrected chi connectivity index (χ4v) is 6.34. The van der Waals surface area contributed by atoms with E-state index in [1.54, 1.807) is 10.4 Å². The van der Waals surface area contributed by atoms with E-state index in [0.717, 1.165) is 57.3 Å². The fraction of sp³-hybridized carbons (Fsp3) is 0.591. The number of piperidine rings is 1. The zero-order valence-electron chi connectivity index (χ0n) is 17.0. The van der Waals surface area contributed by atoms with Crippen LogP contribution in [-0.2, 0) is 35.8 Å². The summed E-state index contributed by atoms with van der Waals surface area (Å²) >= 11 is 0. The molecule has 1 saturated heterocycles. The lowest BCUT2D eigenvalue weighted by Gasteiger charge is -2.32. The van der Waals surface area contributed by atoms with E-state index in [4.69, 9.17) is 0 Å². The highest BCUT2D eigenvalue weighted by Crippen LogP contribution is 2.29. The molecule has 0 saturated carbocycles. The van der Waals surface area contributed by atoms with Crippen molar-refractivity contribution in [3.63, 3.8) is 0 Å². The lowest BCUT2D eigenvalue weighted by Crippen LogP contribution is -2.40. The van der Waals surface area contributed by atoms with Gasteiger partial charge in [-0.3, -0.25) is 0 Å². The number of fused-ring (bicyclic) bond motifs is 1. The van der Waals surface area contributed by atoms with Gasteiger partial charge in [0.25, 0.3) is 0 Å². The third kappa shape index (κ3) is 3.77. The predicted molar refractivity (Wildman–Crippen MR) is 111 cm³/mol. The number of imidazole rings is 1. The van der Waals surface area contributed by atoms with Gasteiger partial charge in [0.2, 0.25) is 10.0 Å². The van der Waals surface area contributed by atoms with Crippen molar-refractivity contribution in [1.29, 1.82) is 0 Å². The average Bonchev–Trinajstić information content (AvgIpc) is 3.29. The summed E-state index contributed by atoms with van der Waals surface area (Å²) in [6.07, 6.45) is 9.06. The molecule has 28 heavy (non-hydrogen) atoms. The number of hydrogen-bond acceptors (Lipinski definition) is 3. The predicted octanol–water partition coefficient (Wildman–Crippen LogP) is 3.73. The first-order valence-corrected chi connectivity index (χ1v) is 12.1. The van der Waals surface area contributed by atoms with Crippen LogP contribution in [0.2, 0.25) is 0 Å². The van der Waals surface area contributed by atoms with Crippen LogP contribution in [0, 0.1) is 12.8 Å². The maximum Gasteiger partial charge on any atom is 0.243 e. The minimum absolute atomic E-state index is 0.329. The number of benzene rings is 1. The molecule has 1 aliphatic heterocycles. The molecule has 1 aromatic heterocycles. The van der Waals surface area contributed by atoms with Crippen LogP contribution in [-0.4, -0.2) is 35.4 Å². The first kappa shape index (κ1) is 19.6. The number of nitrogens with zero attached hydrogens (tertiary/aromatic N) is 3. The summed E-state index contributed by atoms with van der Waals surface area (Å²) in [4.78, 5) is 5.08. The fourth-order valence-electron chi connectivity index (χ4n) is 4.73. The van der Waals surface area contributed by atoms with Gasteiger partial charge in [-0.2, -0.15) is 4.31 Å². The third-order valence-electron chi connectivity index (χ3n) is 6.25. The van der Waals surface area contributed by atoms with Crippen LogP contribution >= 0.6 is 0 Å². The molecule has 0 amide bonds. The highest BCUT2D eigenvalue weighted by atomic mass is 32.2. The number of hydrogen-bond donors (Lipinski definition) is 0. The number of aromatic nitrogens is 2. The molecule has 1 atom stereocenters. The monoisotopic (exact) mass is 401 g/mol. The number of sulfonamides is 1. The molecule has 2 aromatic rings. The van der Waals surface area contributed by atoms with Crippen molar-refractivity contribution in [1.82, 2.24) is 13.9 Å². The van der Waals surface area contributed by atoms with Crippen molar-refractivity contribution in [3.8, 4) is 0 Å². The maximum absolute atomic E-state index is 13.3.